The predicted molar refractivity (Wildman–Crippen MR) is 70.0 cm³/mol. The van der Waals surface area contributed by atoms with Gasteiger partial charge in [-0.3, -0.25) is 10.1 Å². The molecule has 2 heterocycles. The zero-order valence-electron chi connectivity index (χ0n) is 10.7. The molecular formula is C13H15N3O3. The van der Waals surface area contributed by atoms with Crippen molar-refractivity contribution in [2.75, 3.05) is 6.61 Å². The van der Waals surface area contributed by atoms with Crippen molar-refractivity contribution in [3.05, 3.63) is 34.0 Å². The number of aromatic nitrogens is 2. The van der Waals surface area contributed by atoms with E-state index >= 15 is 0 Å². The lowest BCUT2D eigenvalue weighted by Gasteiger charge is -2.23. The molecule has 0 amide bonds. The maximum atomic E-state index is 10.9. The van der Waals surface area contributed by atoms with E-state index < -0.39 is 0 Å². The summed E-state index contributed by atoms with van der Waals surface area (Å²) in [6.45, 7) is 2.49. The molecule has 6 heteroatoms. The summed E-state index contributed by atoms with van der Waals surface area (Å²) in [5.74, 6) is 0. The molecule has 1 fully saturated rings. The molecule has 1 aromatic carbocycles. The second kappa shape index (κ2) is 4.62. The molecule has 1 saturated heterocycles. The molecule has 3 rings (SSSR count). The van der Waals surface area contributed by atoms with Crippen LogP contribution in [0.4, 0.5) is 5.69 Å². The summed E-state index contributed by atoms with van der Waals surface area (Å²) in [6.07, 6.45) is 4.76. The maximum Gasteiger partial charge on any atom is 0.273 e. The van der Waals surface area contributed by atoms with E-state index in [9.17, 15) is 10.1 Å². The summed E-state index contributed by atoms with van der Waals surface area (Å²) < 4.78 is 7.55. The first-order valence-corrected chi connectivity index (χ1v) is 6.40. The number of hydrogen-bond donors (Lipinski definition) is 0. The average molecular weight is 261 g/mol. The molecule has 0 aliphatic carbocycles. The number of fused-ring (bicyclic) bond motifs is 1. The van der Waals surface area contributed by atoms with Gasteiger partial charge in [0.25, 0.3) is 5.69 Å². The van der Waals surface area contributed by atoms with Crippen molar-refractivity contribution < 1.29 is 9.66 Å². The lowest BCUT2D eigenvalue weighted by Crippen LogP contribution is -2.18. The van der Waals surface area contributed by atoms with Crippen LogP contribution in [0.1, 0.15) is 31.1 Å². The van der Waals surface area contributed by atoms with E-state index in [0.717, 1.165) is 36.8 Å². The second-order valence-corrected chi connectivity index (χ2v) is 4.86. The second-order valence-electron chi connectivity index (χ2n) is 4.86. The first-order valence-electron chi connectivity index (χ1n) is 6.40. The Hall–Kier alpha value is -1.95. The minimum atomic E-state index is -0.358. The highest BCUT2D eigenvalue weighted by Gasteiger charge is 2.20. The highest BCUT2D eigenvalue weighted by molar-refractivity contribution is 5.82. The van der Waals surface area contributed by atoms with Gasteiger partial charge in [-0.15, -0.1) is 0 Å². The highest BCUT2D eigenvalue weighted by atomic mass is 16.6. The van der Waals surface area contributed by atoms with Gasteiger partial charge in [0.05, 0.1) is 16.6 Å². The number of nitrogens with zero attached hydrogens (tertiary/aromatic N) is 3. The molecule has 1 aliphatic rings. The Balaban J connectivity index is 2.07. The van der Waals surface area contributed by atoms with E-state index in [-0.39, 0.29) is 16.8 Å². The number of benzene rings is 1. The van der Waals surface area contributed by atoms with Gasteiger partial charge in [-0.1, -0.05) is 0 Å². The number of rotatable bonds is 2. The largest absolute Gasteiger partial charge is 0.356 e. The van der Waals surface area contributed by atoms with Crippen LogP contribution >= 0.6 is 0 Å². The minimum Gasteiger partial charge on any atom is -0.356 e. The van der Waals surface area contributed by atoms with Gasteiger partial charge in [0.2, 0.25) is 0 Å². The summed E-state index contributed by atoms with van der Waals surface area (Å²) in [5.41, 5.74) is 1.68. The van der Waals surface area contributed by atoms with Gasteiger partial charge in [-0.25, -0.2) is 4.68 Å². The molecule has 1 aliphatic heterocycles. The predicted octanol–water partition coefficient (Wildman–Crippen LogP) is 2.95. The van der Waals surface area contributed by atoms with E-state index in [2.05, 4.69) is 5.10 Å². The van der Waals surface area contributed by atoms with Crippen molar-refractivity contribution in [2.24, 2.45) is 0 Å². The molecule has 0 radical (unpaired) electrons. The SMILES string of the molecule is Cc1cc2c(cnn2C2CCCCO2)cc1[N+](=O)[O-]. The Morgan fingerprint density at radius 3 is 3.00 bits per heavy atom. The Morgan fingerprint density at radius 2 is 2.32 bits per heavy atom. The molecule has 2 aromatic rings. The van der Waals surface area contributed by atoms with Crippen molar-refractivity contribution in [1.29, 1.82) is 0 Å². The minimum absolute atomic E-state index is 0.0490. The van der Waals surface area contributed by atoms with Crippen LogP contribution < -0.4 is 0 Å². The number of aryl methyl sites for hydroxylation is 1. The van der Waals surface area contributed by atoms with Gasteiger partial charge < -0.3 is 4.74 Å². The first-order chi connectivity index (χ1) is 9.16. The monoisotopic (exact) mass is 261 g/mol. The topological polar surface area (TPSA) is 70.2 Å². The molecule has 1 atom stereocenters. The summed E-state index contributed by atoms with van der Waals surface area (Å²) >= 11 is 0. The van der Waals surface area contributed by atoms with Crippen molar-refractivity contribution in [2.45, 2.75) is 32.4 Å². The van der Waals surface area contributed by atoms with E-state index in [0.29, 0.717) is 5.56 Å². The van der Waals surface area contributed by atoms with Gasteiger partial charge in [-0.05, 0) is 32.3 Å². The van der Waals surface area contributed by atoms with Gasteiger partial charge in [0.15, 0.2) is 6.23 Å². The third kappa shape index (κ3) is 2.08. The van der Waals surface area contributed by atoms with Crippen molar-refractivity contribution in [3.8, 4) is 0 Å². The molecule has 1 aromatic heterocycles. The standard InChI is InChI=1S/C13H15N3O3/c1-9-6-12-10(7-11(9)16(17)18)8-14-15(12)13-4-2-3-5-19-13/h6-8,13H,2-5H2,1H3. The fourth-order valence-electron chi connectivity index (χ4n) is 2.53. The summed E-state index contributed by atoms with van der Waals surface area (Å²) in [4.78, 5) is 10.6. The van der Waals surface area contributed by atoms with Crippen molar-refractivity contribution in [3.63, 3.8) is 0 Å². The molecule has 0 spiro atoms. The van der Waals surface area contributed by atoms with Crippen LogP contribution in [0.3, 0.4) is 0 Å². The fourth-order valence-corrected chi connectivity index (χ4v) is 2.53. The fraction of sp³-hybridized carbons (Fsp3) is 0.462. The summed E-state index contributed by atoms with van der Waals surface area (Å²) in [7, 11) is 0. The number of nitro groups is 1. The van der Waals surface area contributed by atoms with Crippen LogP contribution in [0.2, 0.25) is 0 Å². The van der Waals surface area contributed by atoms with Crippen LogP contribution in [-0.2, 0) is 4.74 Å². The Kier molecular flexibility index (Phi) is 2.94. The normalized spacial score (nSPS) is 19.7. The van der Waals surface area contributed by atoms with Gasteiger partial charge >= 0.3 is 0 Å². The van der Waals surface area contributed by atoms with E-state index in [1.165, 1.54) is 0 Å². The number of ether oxygens (including phenoxy) is 1. The quantitative estimate of drug-likeness (QED) is 0.615. The van der Waals surface area contributed by atoms with Crippen LogP contribution in [0.25, 0.3) is 10.9 Å². The molecule has 1 unspecified atom stereocenters. The lowest BCUT2D eigenvalue weighted by molar-refractivity contribution is -0.385. The Labute approximate surface area is 110 Å². The third-order valence-electron chi connectivity index (χ3n) is 3.54. The van der Waals surface area contributed by atoms with Crippen molar-refractivity contribution >= 4 is 16.6 Å². The molecule has 19 heavy (non-hydrogen) atoms. The van der Waals surface area contributed by atoms with E-state index in [4.69, 9.17) is 4.74 Å². The molecule has 0 bridgehead atoms. The van der Waals surface area contributed by atoms with E-state index in [1.807, 2.05) is 10.7 Å². The maximum absolute atomic E-state index is 10.9. The van der Waals surface area contributed by atoms with Crippen LogP contribution in [-0.4, -0.2) is 21.3 Å². The Bertz CT molecular complexity index is 629. The molecule has 0 N–H and O–H groups in total. The lowest BCUT2D eigenvalue weighted by atomic mass is 10.1. The zero-order valence-corrected chi connectivity index (χ0v) is 10.7. The first kappa shape index (κ1) is 12.1. The van der Waals surface area contributed by atoms with Gasteiger partial charge in [0.1, 0.15) is 0 Å². The third-order valence-corrected chi connectivity index (χ3v) is 3.54. The average Bonchev–Trinajstić information content (AvgIpc) is 2.81. The van der Waals surface area contributed by atoms with Crippen LogP contribution in [0.5, 0.6) is 0 Å². The smallest absolute Gasteiger partial charge is 0.273 e. The number of nitro benzene ring substituents is 1. The Morgan fingerprint density at radius 1 is 1.47 bits per heavy atom. The summed E-state index contributed by atoms with van der Waals surface area (Å²) in [6, 6.07) is 3.40. The van der Waals surface area contributed by atoms with Crippen LogP contribution in [0.15, 0.2) is 18.3 Å². The summed E-state index contributed by atoms with van der Waals surface area (Å²) in [5, 5.41) is 16.0. The highest BCUT2D eigenvalue weighted by Crippen LogP contribution is 2.29. The van der Waals surface area contributed by atoms with Gasteiger partial charge in [0, 0.05) is 23.6 Å². The molecule has 0 saturated carbocycles. The molecule has 100 valence electrons. The molecular weight excluding hydrogens is 246 g/mol. The van der Waals surface area contributed by atoms with Gasteiger partial charge in [-0.2, -0.15) is 5.10 Å². The zero-order chi connectivity index (χ0) is 13.4. The van der Waals surface area contributed by atoms with Crippen molar-refractivity contribution in [1.82, 2.24) is 9.78 Å². The number of hydrogen-bond acceptors (Lipinski definition) is 4. The van der Waals surface area contributed by atoms with Crippen LogP contribution in [0, 0.1) is 17.0 Å². The van der Waals surface area contributed by atoms with E-state index in [1.54, 1.807) is 19.2 Å². The molecule has 6 nitrogen and oxygen atoms in total.